The number of carbonyl (C=O) groups excluding carboxylic acids is 2. The second-order valence-electron chi connectivity index (χ2n) is 9.04. The molecule has 0 saturated heterocycles. The minimum absolute atomic E-state index is 0.0293. The van der Waals surface area contributed by atoms with Crippen molar-refractivity contribution < 1.29 is 24.2 Å². The highest BCUT2D eigenvalue weighted by Gasteiger charge is 2.48. The first-order chi connectivity index (χ1) is 16.9. The molecule has 8 nitrogen and oxygen atoms in total. The molecule has 1 fully saturated rings. The smallest absolute Gasteiger partial charge is 0.407 e. The topological polar surface area (TPSA) is 118 Å². The van der Waals surface area contributed by atoms with Crippen LogP contribution in [0, 0.1) is 5.92 Å². The van der Waals surface area contributed by atoms with E-state index in [0.29, 0.717) is 5.01 Å². The fraction of sp³-hybridized carbons (Fsp3) is 0.308. The number of hydrogen-bond acceptors (Lipinski definition) is 6. The molecule has 1 atom stereocenters. The van der Waals surface area contributed by atoms with Crippen LogP contribution < -0.4 is 10.6 Å². The van der Waals surface area contributed by atoms with E-state index in [9.17, 15) is 19.5 Å². The van der Waals surface area contributed by atoms with Gasteiger partial charge in [-0.1, -0.05) is 48.5 Å². The number of amides is 2. The maximum absolute atomic E-state index is 12.6. The number of thiazole rings is 1. The third-order valence-electron chi connectivity index (χ3n) is 6.72. The van der Waals surface area contributed by atoms with Crippen molar-refractivity contribution in [1.29, 1.82) is 0 Å². The average Bonchev–Trinajstić information content (AvgIpc) is 3.53. The molecule has 3 N–H and O–H groups in total. The summed E-state index contributed by atoms with van der Waals surface area (Å²) >= 11 is 1.21. The summed E-state index contributed by atoms with van der Waals surface area (Å²) in [6, 6.07) is 16.2. The number of carboxylic acids is 1. The Morgan fingerprint density at radius 2 is 1.71 bits per heavy atom. The molecule has 35 heavy (non-hydrogen) atoms. The molecule has 2 aromatic carbocycles. The number of benzene rings is 2. The lowest BCUT2D eigenvalue weighted by atomic mass is 9.96. The van der Waals surface area contributed by atoms with Gasteiger partial charge in [-0.25, -0.2) is 14.6 Å². The van der Waals surface area contributed by atoms with Crippen molar-refractivity contribution in [3.05, 3.63) is 75.7 Å². The zero-order chi connectivity index (χ0) is 24.6. The number of aliphatic carboxylic acids is 1. The average molecular weight is 492 g/mol. The van der Waals surface area contributed by atoms with E-state index in [0.717, 1.165) is 35.1 Å². The van der Waals surface area contributed by atoms with Gasteiger partial charge in [0.1, 0.15) is 22.8 Å². The summed E-state index contributed by atoms with van der Waals surface area (Å²) in [6.07, 6.45) is 0.977. The Bertz CT molecular complexity index is 1260. The van der Waals surface area contributed by atoms with Crippen molar-refractivity contribution in [2.45, 2.75) is 37.8 Å². The Morgan fingerprint density at radius 1 is 1.09 bits per heavy atom. The molecule has 9 heteroatoms. The van der Waals surface area contributed by atoms with Gasteiger partial charge in [-0.15, -0.1) is 11.3 Å². The van der Waals surface area contributed by atoms with Crippen molar-refractivity contribution >= 4 is 29.3 Å². The number of carboxylic acid groups (broad SMARTS) is 1. The Morgan fingerprint density at radius 3 is 2.31 bits per heavy atom. The van der Waals surface area contributed by atoms with E-state index in [4.69, 9.17) is 4.74 Å². The lowest BCUT2D eigenvalue weighted by Gasteiger charge is -2.25. The zero-order valence-corrected chi connectivity index (χ0v) is 19.9. The lowest BCUT2D eigenvalue weighted by molar-refractivity contribution is -0.144. The predicted molar refractivity (Wildman–Crippen MR) is 130 cm³/mol. The number of rotatable bonds is 8. The maximum atomic E-state index is 12.6. The number of fused-ring (bicyclic) bond motifs is 3. The summed E-state index contributed by atoms with van der Waals surface area (Å²) in [5.74, 6) is -1.69. The number of carbonyl (C=O) groups is 3. The molecule has 2 aliphatic carbocycles. The first-order valence-corrected chi connectivity index (χ1v) is 12.3. The standard InChI is InChI=1S/C26H25N3O5S/c1-26(24(31)32,15-10-11-15)29-23(30)21-14-35-22(28-21)12-27-25(33)34-13-20-18-8-4-2-6-16(18)17-7-3-5-9-19(17)20/h2-9,14-15,20H,10-13H2,1H3,(H,27,33)(H,29,30)(H,31,32). The number of alkyl carbamates (subject to hydrolysis) is 1. The predicted octanol–water partition coefficient (Wildman–Crippen LogP) is 4.16. The molecular formula is C26H25N3O5S. The van der Waals surface area contributed by atoms with Gasteiger partial charge in [-0.2, -0.15) is 0 Å². The van der Waals surface area contributed by atoms with Crippen LogP contribution in [0.5, 0.6) is 0 Å². The third kappa shape index (κ3) is 4.51. The second-order valence-corrected chi connectivity index (χ2v) is 9.98. The Balaban J connectivity index is 1.16. The van der Waals surface area contributed by atoms with E-state index in [1.807, 2.05) is 24.3 Å². The fourth-order valence-electron chi connectivity index (χ4n) is 4.58. The van der Waals surface area contributed by atoms with Crippen molar-refractivity contribution in [2.75, 3.05) is 6.61 Å². The summed E-state index contributed by atoms with van der Waals surface area (Å²) in [7, 11) is 0. The first kappa shape index (κ1) is 23.0. The molecule has 0 radical (unpaired) electrons. The first-order valence-electron chi connectivity index (χ1n) is 11.5. The van der Waals surface area contributed by atoms with Crippen LogP contribution in [-0.4, -0.2) is 40.2 Å². The second kappa shape index (κ2) is 9.14. The van der Waals surface area contributed by atoms with Crippen molar-refractivity contribution in [3.8, 4) is 11.1 Å². The third-order valence-corrected chi connectivity index (χ3v) is 7.57. The number of nitrogens with zero attached hydrogens (tertiary/aromatic N) is 1. The molecule has 180 valence electrons. The van der Waals surface area contributed by atoms with E-state index in [1.165, 1.54) is 18.3 Å². The van der Waals surface area contributed by atoms with Gasteiger partial charge in [-0.3, -0.25) is 4.79 Å². The van der Waals surface area contributed by atoms with Crippen LogP contribution in [0.3, 0.4) is 0 Å². The quantitative estimate of drug-likeness (QED) is 0.435. The summed E-state index contributed by atoms with van der Waals surface area (Å²) in [6.45, 7) is 1.84. The van der Waals surface area contributed by atoms with Crippen LogP contribution in [0.1, 0.15) is 52.3 Å². The highest BCUT2D eigenvalue weighted by atomic mass is 32.1. The Labute approximate surface area is 206 Å². The molecule has 3 aromatic rings. The molecule has 5 rings (SSSR count). The van der Waals surface area contributed by atoms with E-state index >= 15 is 0 Å². The maximum Gasteiger partial charge on any atom is 0.407 e. The molecule has 1 aromatic heterocycles. The summed E-state index contributed by atoms with van der Waals surface area (Å²) < 4.78 is 5.52. The van der Waals surface area contributed by atoms with Crippen molar-refractivity contribution in [3.63, 3.8) is 0 Å². The minimum atomic E-state index is -1.31. The van der Waals surface area contributed by atoms with E-state index in [2.05, 4.69) is 39.9 Å². The Kier molecular flexibility index (Phi) is 6.02. The van der Waals surface area contributed by atoms with Gasteiger partial charge >= 0.3 is 12.1 Å². The van der Waals surface area contributed by atoms with Gasteiger partial charge in [0.25, 0.3) is 5.91 Å². The van der Waals surface area contributed by atoms with Crippen LogP contribution in [0.2, 0.25) is 0 Å². The van der Waals surface area contributed by atoms with E-state index in [-0.39, 0.29) is 30.7 Å². The molecule has 1 saturated carbocycles. The van der Waals surface area contributed by atoms with Crippen LogP contribution in [0.25, 0.3) is 11.1 Å². The summed E-state index contributed by atoms with van der Waals surface area (Å²) in [4.78, 5) is 40.8. The normalized spacial score (nSPS) is 16.0. The van der Waals surface area contributed by atoms with Gasteiger partial charge in [0.05, 0.1) is 6.54 Å². The molecule has 0 aliphatic heterocycles. The van der Waals surface area contributed by atoms with Gasteiger partial charge in [0.2, 0.25) is 0 Å². The SMILES string of the molecule is CC(NC(=O)c1csc(CNC(=O)OCC2c3ccccc3-c3ccccc32)n1)(C(=O)O)C1CC1. The molecule has 0 spiro atoms. The number of nitrogens with one attached hydrogen (secondary N) is 2. The van der Waals surface area contributed by atoms with Crippen LogP contribution in [-0.2, 0) is 16.1 Å². The Hall–Kier alpha value is -3.72. The monoisotopic (exact) mass is 491 g/mol. The number of ether oxygens (including phenoxy) is 1. The number of hydrogen-bond donors (Lipinski definition) is 3. The minimum Gasteiger partial charge on any atom is -0.480 e. The highest BCUT2D eigenvalue weighted by molar-refractivity contribution is 7.09. The van der Waals surface area contributed by atoms with Crippen LogP contribution in [0.4, 0.5) is 4.79 Å². The highest BCUT2D eigenvalue weighted by Crippen LogP contribution is 2.44. The summed E-state index contributed by atoms with van der Waals surface area (Å²) in [5.41, 5.74) is 3.42. The summed E-state index contributed by atoms with van der Waals surface area (Å²) in [5, 5.41) is 16.9. The van der Waals surface area contributed by atoms with Crippen LogP contribution in [0.15, 0.2) is 53.9 Å². The lowest BCUT2D eigenvalue weighted by Crippen LogP contribution is -2.54. The fourth-order valence-corrected chi connectivity index (χ4v) is 5.30. The van der Waals surface area contributed by atoms with Crippen molar-refractivity contribution in [2.24, 2.45) is 5.92 Å². The zero-order valence-electron chi connectivity index (χ0n) is 19.1. The molecule has 0 bridgehead atoms. The van der Waals surface area contributed by atoms with Gasteiger partial charge in [-0.05, 0) is 47.9 Å². The largest absolute Gasteiger partial charge is 0.480 e. The van der Waals surface area contributed by atoms with Crippen molar-refractivity contribution in [1.82, 2.24) is 15.6 Å². The molecule has 1 unspecified atom stereocenters. The van der Waals surface area contributed by atoms with Gasteiger partial charge in [0, 0.05) is 11.3 Å². The van der Waals surface area contributed by atoms with Gasteiger partial charge in [0.15, 0.2) is 0 Å². The molecule has 1 heterocycles. The van der Waals surface area contributed by atoms with E-state index < -0.39 is 23.5 Å². The molecule has 2 aliphatic rings. The van der Waals surface area contributed by atoms with Crippen LogP contribution >= 0.6 is 11.3 Å². The molecule has 2 amide bonds. The number of aromatic nitrogens is 1. The van der Waals surface area contributed by atoms with E-state index in [1.54, 1.807) is 5.38 Å². The van der Waals surface area contributed by atoms with Gasteiger partial charge < -0.3 is 20.5 Å². The molecular weight excluding hydrogens is 466 g/mol.